The Morgan fingerprint density at radius 2 is 1.59 bits per heavy atom. The maximum absolute atomic E-state index is 11.9. The van der Waals surface area contributed by atoms with E-state index in [1.165, 1.54) is 25.3 Å². The molecular formula is C16H12Cl2O4. The van der Waals surface area contributed by atoms with Gasteiger partial charge in [-0.2, -0.15) is 0 Å². The maximum Gasteiger partial charge on any atom is 0.338 e. The summed E-state index contributed by atoms with van der Waals surface area (Å²) >= 11 is 11.6. The van der Waals surface area contributed by atoms with Crippen LogP contribution in [-0.4, -0.2) is 25.5 Å². The Labute approximate surface area is 137 Å². The predicted octanol–water partition coefficient (Wildman–Crippen LogP) is 4.04. The van der Waals surface area contributed by atoms with Crippen LogP contribution in [0.25, 0.3) is 0 Å². The van der Waals surface area contributed by atoms with E-state index in [2.05, 4.69) is 0 Å². The first-order valence-electron chi connectivity index (χ1n) is 6.30. The number of ketones is 1. The first kappa shape index (κ1) is 16.3. The molecule has 0 bridgehead atoms. The molecule has 0 aromatic heterocycles. The number of carbonyl (C=O) groups excluding carboxylic acids is 2. The Hall–Kier alpha value is -2.04. The molecule has 0 saturated carbocycles. The lowest BCUT2D eigenvalue weighted by Crippen LogP contribution is -2.14. The first-order chi connectivity index (χ1) is 10.5. The molecule has 2 aromatic carbocycles. The number of methoxy groups -OCH3 is 1. The Morgan fingerprint density at radius 1 is 0.955 bits per heavy atom. The summed E-state index contributed by atoms with van der Waals surface area (Å²) in [6.07, 6.45) is 0. The minimum atomic E-state index is -0.587. The van der Waals surface area contributed by atoms with Crippen LogP contribution >= 0.6 is 23.2 Å². The number of halogens is 2. The van der Waals surface area contributed by atoms with Gasteiger partial charge in [0.15, 0.2) is 12.4 Å². The molecule has 4 nitrogen and oxygen atoms in total. The molecule has 0 spiro atoms. The molecule has 0 saturated heterocycles. The van der Waals surface area contributed by atoms with Crippen molar-refractivity contribution in [1.29, 1.82) is 0 Å². The van der Waals surface area contributed by atoms with Gasteiger partial charge in [-0.25, -0.2) is 4.79 Å². The number of hydrogen-bond acceptors (Lipinski definition) is 4. The van der Waals surface area contributed by atoms with Gasteiger partial charge < -0.3 is 9.47 Å². The second kappa shape index (κ2) is 7.29. The minimum Gasteiger partial charge on any atom is -0.497 e. The van der Waals surface area contributed by atoms with Crippen LogP contribution in [0.1, 0.15) is 20.7 Å². The second-order valence-electron chi connectivity index (χ2n) is 4.36. The molecule has 0 fully saturated rings. The summed E-state index contributed by atoms with van der Waals surface area (Å²) in [5.41, 5.74) is 0.666. The lowest BCUT2D eigenvalue weighted by Gasteiger charge is -2.06. The van der Waals surface area contributed by atoms with E-state index in [1.54, 1.807) is 24.3 Å². The molecule has 2 rings (SSSR count). The van der Waals surface area contributed by atoms with Crippen LogP contribution in [0, 0.1) is 0 Å². The van der Waals surface area contributed by atoms with Crippen molar-refractivity contribution in [1.82, 2.24) is 0 Å². The van der Waals surface area contributed by atoms with Gasteiger partial charge in [0, 0.05) is 5.56 Å². The van der Waals surface area contributed by atoms with Gasteiger partial charge in [0.05, 0.1) is 22.7 Å². The third-order valence-electron chi connectivity index (χ3n) is 2.90. The van der Waals surface area contributed by atoms with E-state index in [-0.39, 0.29) is 17.4 Å². The summed E-state index contributed by atoms with van der Waals surface area (Å²) < 4.78 is 9.98. The summed E-state index contributed by atoms with van der Waals surface area (Å²) in [7, 11) is 1.53. The fourth-order valence-corrected chi connectivity index (χ4v) is 1.99. The Bertz CT molecular complexity index is 696. The molecule has 0 aliphatic carbocycles. The first-order valence-corrected chi connectivity index (χ1v) is 7.06. The van der Waals surface area contributed by atoms with Gasteiger partial charge in [-0.1, -0.05) is 23.2 Å². The minimum absolute atomic E-state index is 0.272. The largest absolute Gasteiger partial charge is 0.497 e. The van der Waals surface area contributed by atoms with E-state index in [0.717, 1.165) is 0 Å². The molecule has 2 aromatic rings. The highest BCUT2D eigenvalue weighted by Crippen LogP contribution is 2.22. The maximum atomic E-state index is 11.9. The topological polar surface area (TPSA) is 52.6 Å². The smallest absolute Gasteiger partial charge is 0.338 e. The van der Waals surface area contributed by atoms with Crippen molar-refractivity contribution >= 4 is 35.0 Å². The molecule has 6 heteroatoms. The average molecular weight is 339 g/mol. The van der Waals surface area contributed by atoms with Crippen LogP contribution in [0.5, 0.6) is 5.75 Å². The fourth-order valence-electron chi connectivity index (χ4n) is 1.69. The number of esters is 1. The van der Waals surface area contributed by atoms with Crippen LogP contribution in [0.15, 0.2) is 42.5 Å². The van der Waals surface area contributed by atoms with Gasteiger partial charge in [0.2, 0.25) is 0 Å². The van der Waals surface area contributed by atoms with Crippen LogP contribution in [0.4, 0.5) is 0 Å². The molecule has 0 unspecified atom stereocenters. The Balaban J connectivity index is 1.97. The quantitative estimate of drug-likeness (QED) is 0.609. The van der Waals surface area contributed by atoms with E-state index >= 15 is 0 Å². The van der Waals surface area contributed by atoms with Crippen molar-refractivity contribution in [2.45, 2.75) is 0 Å². The van der Waals surface area contributed by atoms with Crippen LogP contribution < -0.4 is 4.74 Å². The summed E-state index contributed by atoms with van der Waals surface area (Å²) in [4.78, 5) is 23.8. The molecule has 0 atom stereocenters. The van der Waals surface area contributed by atoms with E-state index in [0.29, 0.717) is 21.9 Å². The monoisotopic (exact) mass is 338 g/mol. The number of rotatable bonds is 5. The number of benzene rings is 2. The van der Waals surface area contributed by atoms with Crippen molar-refractivity contribution in [2.75, 3.05) is 13.7 Å². The molecule has 0 amide bonds. The third-order valence-corrected chi connectivity index (χ3v) is 3.64. The summed E-state index contributed by atoms with van der Waals surface area (Å²) in [5, 5.41) is 0.627. The molecule has 0 N–H and O–H groups in total. The molecule has 0 heterocycles. The Morgan fingerprint density at radius 3 is 2.18 bits per heavy atom. The van der Waals surface area contributed by atoms with Crippen LogP contribution in [-0.2, 0) is 4.74 Å². The lowest BCUT2D eigenvalue weighted by molar-refractivity contribution is 0.0474. The second-order valence-corrected chi connectivity index (χ2v) is 5.17. The van der Waals surface area contributed by atoms with Gasteiger partial charge in [-0.15, -0.1) is 0 Å². The predicted molar refractivity (Wildman–Crippen MR) is 84.1 cm³/mol. The SMILES string of the molecule is COc1ccc(C(=O)OCC(=O)c2ccc(Cl)c(Cl)c2)cc1. The third kappa shape index (κ3) is 4.00. The van der Waals surface area contributed by atoms with Crippen molar-refractivity contribution in [3.05, 3.63) is 63.6 Å². The van der Waals surface area contributed by atoms with Crippen molar-refractivity contribution in [3.63, 3.8) is 0 Å². The van der Waals surface area contributed by atoms with E-state index in [9.17, 15) is 9.59 Å². The van der Waals surface area contributed by atoms with Gasteiger partial charge in [-0.3, -0.25) is 4.79 Å². The lowest BCUT2D eigenvalue weighted by atomic mass is 10.1. The highest BCUT2D eigenvalue weighted by atomic mass is 35.5. The van der Waals surface area contributed by atoms with Crippen molar-refractivity contribution in [2.24, 2.45) is 0 Å². The zero-order valence-corrected chi connectivity index (χ0v) is 13.1. The standard InChI is InChI=1S/C16H12Cl2O4/c1-21-12-5-2-10(3-6-12)16(20)22-9-15(19)11-4-7-13(17)14(18)8-11/h2-8H,9H2,1H3. The number of carbonyl (C=O) groups is 2. The molecule has 0 radical (unpaired) electrons. The molecule has 114 valence electrons. The Kier molecular flexibility index (Phi) is 5.41. The van der Waals surface area contributed by atoms with E-state index in [1.807, 2.05) is 0 Å². The summed E-state index contributed by atoms with van der Waals surface area (Å²) in [6, 6.07) is 10.9. The van der Waals surface area contributed by atoms with Crippen LogP contribution in [0.2, 0.25) is 10.0 Å². The van der Waals surface area contributed by atoms with Gasteiger partial charge in [-0.05, 0) is 42.5 Å². The van der Waals surface area contributed by atoms with Crippen molar-refractivity contribution in [3.8, 4) is 5.75 Å². The molecule has 22 heavy (non-hydrogen) atoms. The van der Waals surface area contributed by atoms with E-state index in [4.69, 9.17) is 32.7 Å². The summed E-state index contributed by atoms with van der Waals surface area (Å²) in [5.74, 6) is -0.320. The number of Topliss-reactive ketones (excluding diaryl/α,β-unsaturated/α-hetero) is 1. The van der Waals surface area contributed by atoms with Gasteiger partial charge in [0.25, 0.3) is 0 Å². The fraction of sp³-hybridized carbons (Fsp3) is 0.125. The average Bonchev–Trinajstić information content (AvgIpc) is 2.54. The molecular weight excluding hydrogens is 327 g/mol. The molecule has 0 aliphatic rings. The summed E-state index contributed by atoms with van der Waals surface area (Å²) in [6.45, 7) is -0.372. The number of ether oxygens (including phenoxy) is 2. The molecule has 0 aliphatic heterocycles. The highest BCUT2D eigenvalue weighted by molar-refractivity contribution is 6.42. The van der Waals surface area contributed by atoms with E-state index < -0.39 is 5.97 Å². The van der Waals surface area contributed by atoms with Gasteiger partial charge >= 0.3 is 5.97 Å². The van der Waals surface area contributed by atoms with Gasteiger partial charge in [0.1, 0.15) is 5.75 Å². The zero-order chi connectivity index (χ0) is 16.1. The van der Waals surface area contributed by atoms with Crippen LogP contribution in [0.3, 0.4) is 0 Å². The number of hydrogen-bond donors (Lipinski definition) is 0. The highest BCUT2D eigenvalue weighted by Gasteiger charge is 2.13. The van der Waals surface area contributed by atoms with Crippen molar-refractivity contribution < 1.29 is 19.1 Å². The zero-order valence-electron chi connectivity index (χ0n) is 11.6. The normalized spacial score (nSPS) is 10.1.